The van der Waals surface area contributed by atoms with Crippen LogP contribution in [0.2, 0.25) is 0 Å². The van der Waals surface area contributed by atoms with E-state index in [2.05, 4.69) is 10.0 Å². The number of carbonyl (C=O) groups is 1. The van der Waals surface area contributed by atoms with Crippen molar-refractivity contribution in [2.45, 2.75) is 18.5 Å². The molecule has 3 aromatic carbocycles. The normalized spacial score (nSPS) is 12.5. The van der Waals surface area contributed by atoms with Gasteiger partial charge in [-0.05, 0) is 35.2 Å². The Balaban J connectivity index is 1.91. The van der Waals surface area contributed by atoms with Crippen LogP contribution in [-0.4, -0.2) is 26.6 Å². The summed E-state index contributed by atoms with van der Waals surface area (Å²) < 4.78 is 53.2. The highest BCUT2D eigenvalue weighted by molar-refractivity contribution is 7.88. The van der Waals surface area contributed by atoms with Gasteiger partial charge in [0.25, 0.3) is 0 Å². The van der Waals surface area contributed by atoms with E-state index in [1.807, 2.05) is 60.7 Å². The molecule has 1 amide bonds. The van der Waals surface area contributed by atoms with Gasteiger partial charge in [-0.1, -0.05) is 60.7 Å². The highest BCUT2D eigenvalue weighted by Crippen LogP contribution is 2.22. The first-order valence-corrected chi connectivity index (χ1v) is 11.4. The number of hydrogen-bond donors (Lipinski definition) is 2. The van der Waals surface area contributed by atoms with Gasteiger partial charge in [0.05, 0.1) is 12.3 Å². The molecular weight excluding hydrogens is 422 g/mol. The Bertz CT molecular complexity index is 1080. The van der Waals surface area contributed by atoms with Crippen LogP contribution in [0.25, 0.3) is 0 Å². The number of nitrogens with one attached hydrogen (secondary N) is 2. The van der Waals surface area contributed by atoms with Crippen LogP contribution in [0.3, 0.4) is 0 Å². The Labute approximate surface area is 180 Å². The molecule has 0 saturated heterocycles. The van der Waals surface area contributed by atoms with Crippen molar-refractivity contribution in [2.24, 2.45) is 0 Å². The lowest BCUT2D eigenvalue weighted by Crippen LogP contribution is -2.48. The molecule has 5 nitrogen and oxygen atoms in total. The molecule has 162 valence electrons. The van der Waals surface area contributed by atoms with Crippen molar-refractivity contribution in [2.75, 3.05) is 6.26 Å². The van der Waals surface area contributed by atoms with E-state index in [1.165, 1.54) is 0 Å². The van der Waals surface area contributed by atoms with Crippen LogP contribution in [0.1, 0.15) is 22.7 Å². The topological polar surface area (TPSA) is 75.3 Å². The zero-order valence-corrected chi connectivity index (χ0v) is 17.6. The lowest BCUT2D eigenvalue weighted by atomic mass is 9.97. The van der Waals surface area contributed by atoms with Crippen molar-refractivity contribution in [1.82, 2.24) is 10.0 Å². The van der Waals surface area contributed by atoms with Gasteiger partial charge in [0.2, 0.25) is 15.9 Å². The second kappa shape index (κ2) is 9.80. The van der Waals surface area contributed by atoms with E-state index in [0.717, 1.165) is 29.5 Å². The molecule has 0 aliphatic carbocycles. The van der Waals surface area contributed by atoms with E-state index in [4.69, 9.17) is 0 Å². The summed E-state index contributed by atoms with van der Waals surface area (Å²) in [5.41, 5.74) is 1.76. The maximum absolute atomic E-state index is 13.6. The molecule has 3 aromatic rings. The van der Waals surface area contributed by atoms with Gasteiger partial charge in [-0.3, -0.25) is 4.79 Å². The van der Waals surface area contributed by atoms with Crippen LogP contribution >= 0.6 is 0 Å². The molecule has 8 heteroatoms. The van der Waals surface area contributed by atoms with Crippen LogP contribution in [0.5, 0.6) is 0 Å². The van der Waals surface area contributed by atoms with Crippen molar-refractivity contribution >= 4 is 15.9 Å². The summed E-state index contributed by atoms with van der Waals surface area (Å²) >= 11 is 0. The predicted molar refractivity (Wildman–Crippen MR) is 115 cm³/mol. The number of benzene rings is 3. The van der Waals surface area contributed by atoms with Gasteiger partial charge in [-0.25, -0.2) is 21.9 Å². The van der Waals surface area contributed by atoms with E-state index in [1.54, 1.807) is 0 Å². The molecule has 0 bridgehead atoms. The lowest BCUT2D eigenvalue weighted by molar-refractivity contribution is -0.123. The quantitative estimate of drug-likeness (QED) is 0.560. The molecule has 1 atom stereocenters. The monoisotopic (exact) mass is 444 g/mol. The minimum atomic E-state index is -3.77. The molecule has 0 radical (unpaired) electrons. The van der Waals surface area contributed by atoms with Crippen LogP contribution in [0.15, 0.2) is 78.9 Å². The van der Waals surface area contributed by atoms with Gasteiger partial charge >= 0.3 is 0 Å². The molecule has 0 saturated carbocycles. The SMILES string of the molecule is CS(=O)(=O)NC(Cc1cc(F)cc(F)c1)C(=O)NC(c1ccccc1)c1ccccc1. The molecule has 0 spiro atoms. The standard InChI is InChI=1S/C23H22F2N2O3S/c1-31(29,30)27-21(14-16-12-19(24)15-20(25)13-16)23(28)26-22(17-8-4-2-5-9-17)18-10-6-3-7-11-18/h2-13,15,21-22,27H,14H2,1H3,(H,26,28). The summed E-state index contributed by atoms with van der Waals surface area (Å²) in [4.78, 5) is 13.1. The Kier molecular flexibility index (Phi) is 7.14. The van der Waals surface area contributed by atoms with Crippen molar-refractivity contribution in [1.29, 1.82) is 0 Å². The van der Waals surface area contributed by atoms with Gasteiger partial charge in [-0.15, -0.1) is 0 Å². The second-order valence-corrected chi connectivity index (χ2v) is 8.97. The molecule has 1 unspecified atom stereocenters. The van der Waals surface area contributed by atoms with Gasteiger partial charge in [-0.2, -0.15) is 0 Å². The third-order valence-corrected chi connectivity index (χ3v) is 5.30. The van der Waals surface area contributed by atoms with Gasteiger partial charge < -0.3 is 5.32 Å². The summed E-state index contributed by atoms with van der Waals surface area (Å²) in [6, 6.07) is 19.5. The van der Waals surface area contributed by atoms with Gasteiger partial charge in [0.1, 0.15) is 17.7 Å². The second-order valence-electron chi connectivity index (χ2n) is 7.19. The Morgan fingerprint density at radius 2 is 1.35 bits per heavy atom. The van der Waals surface area contributed by atoms with Crippen molar-refractivity contribution < 1.29 is 22.0 Å². The first-order valence-electron chi connectivity index (χ1n) is 9.54. The van der Waals surface area contributed by atoms with E-state index < -0.39 is 39.6 Å². The molecule has 0 aliphatic rings. The largest absolute Gasteiger partial charge is 0.344 e. The summed E-state index contributed by atoms with van der Waals surface area (Å²) in [5.74, 6) is -2.23. The third-order valence-electron chi connectivity index (χ3n) is 4.59. The number of halogens is 2. The molecule has 3 rings (SSSR count). The van der Waals surface area contributed by atoms with Crippen LogP contribution in [0.4, 0.5) is 8.78 Å². The molecule has 0 aliphatic heterocycles. The van der Waals surface area contributed by atoms with Gasteiger partial charge in [0, 0.05) is 6.07 Å². The number of hydrogen-bond acceptors (Lipinski definition) is 3. The maximum Gasteiger partial charge on any atom is 0.239 e. The van der Waals surface area contributed by atoms with Crippen LogP contribution in [0, 0.1) is 11.6 Å². The molecular formula is C23H22F2N2O3S. The zero-order valence-electron chi connectivity index (χ0n) is 16.8. The van der Waals surface area contributed by atoms with Crippen LogP contribution in [-0.2, 0) is 21.2 Å². The van der Waals surface area contributed by atoms with E-state index in [-0.39, 0.29) is 12.0 Å². The fraction of sp³-hybridized carbons (Fsp3) is 0.174. The van der Waals surface area contributed by atoms with E-state index >= 15 is 0 Å². The van der Waals surface area contributed by atoms with Crippen molar-refractivity contribution in [3.8, 4) is 0 Å². The van der Waals surface area contributed by atoms with Crippen LogP contribution < -0.4 is 10.0 Å². The Hall–Kier alpha value is -3.10. The predicted octanol–water partition coefficient (Wildman–Crippen LogP) is 3.33. The van der Waals surface area contributed by atoms with E-state index in [9.17, 15) is 22.0 Å². The first kappa shape index (κ1) is 22.6. The minimum Gasteiger partial charge on any atom is -0.344 e. The lowest BCUT2D eigenvalue weighted by Gasteiger charge is -2.24. The Morgan fingerprint density at radius 3 is 1.81 bits per heavy atom. The van der Waals surface area contributed by atoms with Crippen molar-refractivity contribution in [3.05, 3.63) is 107 Å². The summed E-state index contributed by atoms with van der Waals surface area (Å²) in [5, 5.41) is 2.87. The fourth-order valence-corrected chi connectivity index (χ4v) is 4.01. The number of amides is 1. The molecule has 2 N–H and O–H groups in total. The number of rotatable bonds is 8. The summed E-state index contributed by atoms with van der Waals surface area (Å²) in [6.07, 6.45) is 0.704. The highest BCUT2D eigenvalue weighted by Gasteiger charge is 2.26. The third kappa shape index (κ3) is 6.70. The molecule has 0 fully saturated rings. The minimum absolute atomic E-state index is 0.157. The average molecular weight is 445 g/mol. The number of carbonyl (C=O) groups excluding carboxylic acids is 1. The van der Waals surface area contributed by atoms with Gasteiger partial charge in [0.15, 0.2) is 0 Å². The average Bonchev–Trinajstić information content (AvgIpc) is 2.71. The molecule has 31 heavy (non-hydrogen) atoms. The Morgan fingerprint density at radius 1 is 0.871 bits per heavy atom. The first-order chi connectivity index (χ1) is 14.7. The van der Waals surface area contributed by atoms with E-state index in [0.29, 0.717) is 6.07 Å². The molecule has 0 heterocycles. The highest BCUT2D eigenvalue weighted by atomic mass is 32.2. The summed E-state index contributed by atoms with van der Waals surface area (Å²) in [6.45, 7) is 0. The number of sulfonamides is 1. The zero-order chi connectivity index (χ0) is 22.4. The summed E-state index contributed by atoms with van der Waals surface area (Å²) in [7, 11) is -3.77. The van der Waals surface area contributed by atoms with Crippen molar-refractivity contribution in [3.63, 3.8) is 0 Å². The maximum atomic E-state index is 13.6. The fourth-order valence-electron chi connectivity index (χ4n) is 3.30. The molecule has 0 aromatic heterocycles. The smallest absolute Gasteiger partial charge is 0.239 e.